The number of rotatable bonds is 4. The van der Waals surface area contributed by atoms with Crippen LogP contribution in [0.15, 0.2) is 36.4 Å². The van der Waals surface area contributed by atoms with E-state index in [0.29, 0.717) is 19.7 Å². The van der Waals surface area contributed by atoms with E-state index in [1.807, 2.05) is 35.8 Å². The number of amides is 2. The number of nitrogens with zero attached hydrogens (tertiary/aromatic N) is 2. The minimum Gasteiger partial charge on any atom is -0.497 e. The molecule has 1 atom stereocenters. The molecule has 0 aromatic heterocycles. The van der Waals surface area contributed by atoms with E-state index in [9.17, 15) is 4.79 Å². The third-order valence-electron chi connectivity index (χ3n) is 4.81. The molecule has 5 heteroatoms. The highest BCUT2D eigenvalue weighted by atomic mass is 16.5. The van der Waals surface area contributed by atoms with Crippen LogP contribution in [0, 0.1) is 0 Å². The summed E-state index contributed by atoms with van der Waals surface area (Å²) in [7, 11) is 1.67. The van der Waals surface area contributed by atoms with Crippen molar-refractivity contribution >= 4 is 16.8 Å². The Balaban J connectivity index is 1.79. The van der Waals surface area contributed by atoms with Crippen molar-refractivity contribution in [3.8, 4) is 5.75 Å². The number of urea groups is 1. The standard InChI is InChI=1S/C20H26N2O3/c1-4-21(5-2)20(23)22-10-11-25-19(14-22)17-7-6-16-13-18(24-3)9-8-15(16)12-17/h6-9,12-13,19H,4-5,10-11,14H2,1-3H3/t19-/m1/s1. The largest absolute Gasteiger partial charge is 0.497 e. The lowest BCUT2D eigenvalue weighted by Gasteiger charge is -2.36. The van der Waals surface area contributed by atoms with E-state index in [4.69, 9.17) is 9.47 Å². The molecule has 0 N–H and O–H groups in total. The normalized spacial score (nSPS) is 17.6. The van der Waals surface area contributed by atoms with E-state index < -0.39 is 0 Å². The fourth-order valence-corrected chi connectivity index (χ4v) is 3.29. The number of morpholine rings is 1. The third kappa shape index (κ3) is 3.71. The summed E-state index contributed by atoms with van der Waals surface area (Å²) in [6.07, 6.45) is -0.0836. The summed E-state index contributed by atoms with van der Waals surface area (Å²) in [5.41, 5.74) is 1.11. The predicted octanol–water partition coefficient (Wildman–Crippen LogP) is 3.68. The van der Waals surface area contributed by atoms with Crippen molar-refractivity contribution in [2.24, 2.45) is 0 Å². The lowest BCUT2D eigenvalue weighted by atomic mass is 10.0. The third-order valence-corrected chi connectivity index (χ3v) is 4.81. The minimum absolute atomic E-state index is 0.0836. The van der Waals surface area contributed by atoms with Gasteiger partial charge in [0, 0.05) is 19.6 Å². The summed E-state index contributed by atoms with van der Waals surface area (Å²) in [5, 5.41) is 2.28. The molecule has 0 radical (unpaired) electrons. The first kappa shape index (κ1) is 17.5. The summed E-state index contributed by atoms with van der Waals surface area (Å²) < 4.78 is 11.2. The zero-order valence-electron chi connectivity index (χ0n) is 15.2. The summed E-state index contributed by atoms with van der Waals surface area (Å²) in [6, 6.07) is 12.5. The summed E-state index contributed by atoms with van der Waals surface area (Å²) in [5.74, 6) is 0.852. The highest BCUT2D eigenvalue weighted by Crippen LogP contribution is 2.28. The molecule has 1 heterocycles. The molecule has 1 aliphatic rings. The summed E-state index contributed by atoms with van der Waals surface area (Å²) >= 11 is 0. The second kappa shape index (κ2) is 7.74. The second-order valence-electron chi connectivity index (χ2n) is 6.23. The molecule has 0 saturated carbocycles. The van der Waals surface area contributed by atoms with Gasteiger partial charge in [-0.1, -0.05) is 18.2 Å². The molecule has 1 fully saturated rings. The molecular weight excluding hydrogens is 316 g/mol. The topological polar surface area (TPSA) is 42.0 Å². The molecule has 2 aromatic rings. The highest BCUT2D eigenvalue weighted by molar-refractivity contribution is 5.84. The minimum atomic E-state index is -0.0836. The van der Waals surface area contributed by atoms with Crippen molar-refractivity contribution in [3.63, 3.8) is 0 Å². The van der Waals surface area contributed by atoms with Crippen LogP contribution in [-0.4, -0.2) is 55.7 Å². The number of hydrogen-bond acceptors (Lipinski definition) is 3. The van der Waals surface area contributed by atoms with Gasteiger partial charge in [0.25, 0.3) is 0 Å². The average molecular weight is 342 g/mol. The summed E-state index contributed by atoms with van der Waals surface area (Å²) in [4.78, 5) is 16.4. The van der Waals surface area contributed by atoms with Crippen molar-refractivity contribution in [1.29, 1.82) is 0 Å². The first-order valence-electron chi connectivity index (χ1n) is 8.89. The van der Waals surface area contributed by atoms with Gasteiger partial charge in [-0.3, -0.25) is 0 Å². The van der Waals surface area contributed by atoms with Crippen LogP contribution < -0.4 is 4.74 Å². The number of carbonyl (C=O) groups is 1. The molecule has 1 saturated heterocycles. The molecule has 1 aliphatic heterocycles. The Morgan fingerprint density at radius 2 is 1.92 bits per heavy atom. The fraction of sp³-hybridized carbons (Fsp3) is 0.450. The highest BCUT2D eigenvalue weighted by Gasteiger charge is 2.27. The number of methoxy groups -OCH3 is 1. The van der Waals surface area contributed by atoms with Crippen LogP contribution in [0.25, 0.3) is 10.8 Å². The number of fused-ring (bicyclic) bond motifs is 1. The van der Waals surface area contributed by atoms with Gasteiger partial charge in [-0.25, -0.2) is 4.79 Å². The Labute approximate surface area is 149 Å². The molecule has 3 rings (SSSR count). The molecule has 25 heavy (non-hydrogen) atoms. The van der Waals surface area contributed by atoms with E-state index in [0.717, 1.165) is 35.2 Å². The first-order valence-corrected chi connectivity index (χ1v) is 8.89. The molecule has 0 bridgehead atoms. The first-order chi connectivity index (χ1) is 12.2. The predicted molar refractivity (Wildman–Crippen MR) is 99.1 cm³/mol. The second-order valence-corrected chi connectivity index (χ2v) is 6.23. The molecule has 0 aliphatic carbocycles. The van der Waals surface area contributed by atoms with Crippen LogP contribution in [0.1, 0.15) is 25.5 Å². The van der Waals surface area contributed by atoms with Crippen molar-refractivity contribution < 1.29 is 14.3 Å². The SMILES string of the molecule is CCN(CC)C(=O)N1CCO[C@@H](c2ccc3cc(OC)ccc3c2)C1. The van der Waals surface area contributed by atoms with Gasteiger partial charge in [0.1, 0.15) is 11.9 Å². The maximum Gasteiger partial charge on any atom is 0.320 e. The summed E-state index contributed by atoms with van der Waals surface area (Å²) in [6.45, 7) is 7.30. The smallest absolute Gasteiger partial charge is 0.320 e. The zero-order chi connectivity index (χ0) is 17.8. The van der Waals surface area contributed by atoms with E-state index in [1.165, 1.54) is 0 Å². The van der Waals surface area contributed by atoms with Gasteiger partial charge < -0.3 is 19.3 Å². The number of benzene rings is 2. The van der Waals surface area contributed by atoms with Crippen LogP contribution in [0.2, 0.25) is 0 Å². The van der Waals surface area contributed by atoms with E-state index >= 15 is 0 Å². The van der Waals surface area contributed by atoms with Crippen LogP contribution in [0.3, 0.4) is 0 Å². The average Bonchev–Trinajstić information content (AvgIpc) is 2.68. The van der Waals surface area contributed by atoms with E-state index in [-0.39, 0.29) is 12.1 Å². The van der Waals surface area contributed by atoms with Gasteiger partial charge in [0.05, 0.1) is 20.3 Å². The Hall–Kier alpha value is -2.27. The van der Waals surface area contributed by atoms with Crippen LogP contribution in [0.4, 0.5) is 4.79 Å². The Bertz CT molecular complexity index is 743. The van der Waals surface area contributed by atoms with Crippen molar-refractivity contribution in [1.82, 2.24) is 9.80 Å². The number of carbonyl (C=O) groups excluding carboxylic acids is 1. The Kier molecular flexibility index (Phi) is 5.43. The van der Waals surface area contributed by atoms with Gasteiger partial charge in [-0.2, -0.15) is 0 Å². The van der Waals surface area contributed by atoms with Gasteiger partial charge in [-0.15, -0.1) is 0 Å². The maximum atomic E-state index is 12.6. The molecule has 2 aromatic carbocycles. The lowest BCUT2D eigenvalue weighted by Crippen LogP contribution is -2.48. The maximum absolute atomic E-state index is 12.6. The molecule has 2 amide bonds. The van der Waals surface area contributed by atoms with Crippen molar-refractivity contribution in [3.05, 3.63) is 42.0 Å². The molecule has 0 unspecified atom stereocenters. The molecular formula is C20H26N2O3. The van der Waals surface area contributed by atoms with Crippen LogP contribution in [-0.2, 0) is 4.74 Å². The van der Waals surface area contributed by atoms with Gasteiger partial charge in [-0.05, 0) is 48.4 Å². The van der Waals surface area contributed by atoms with Crippen molar-refractivity contribution in [2.75, 3.05) is 39.9 Å². The Morgan fingerprint density at radius 3 is 2.64 bits per heavy atom. The van der Waals surface area contributed by atoms with Crippen LogP contribution >= 0.6 is 0 Å². The zero-order valence-corrected chi connectivity index (χ0v) is 15.2. The van der Waals surface area contributed by atoms with E-state index in [2.05, 4.69) is 24.3 Å². The number of ether oxygens (including phenoxy) is 2. The quantitative estimate of drug-likeness (QED) is 0.851. The lowest BCUT2D eigenvalue weighted by molar-refractivity contribution is -0.0201. The van der Waals surface area contributed by atoms with Crippen LogP contribution in [0.5, 0.6) is 5.75 Å². The monoisotopic (exact) mass is 342 g/mol. The van der Waals surface area contributed by atoms with Gasteiger partial charge in [0.15, 0.2) is 0 Å². The molecule has 134 valence electrons. The van der Waals surface area contributed by atoms with E-state index in [1.54, 1.807) is 7.11 Å². The van der Waals surface area contributed by atoms with Crippen molar-refractivity contribution in [2.45, 2.75) is 20.0 Å². The Morgan fingerprint density at radius 1 is 1.20 bits per heavy atom. The fourth-order valence-electron chi connectivity index (χ4n) is 3.29. The van der Waals surface area contributed by atoms with Gasteiger partial charge >= 0.3 is 6.03 Å². The molecule has 0 spiro atoms. The number of hydrogen-bond donors (Lipinski definition) is 0. The van der Waals surface area contributed by atoms with Gasteiger partial charge in [0.2, 0.25) is 0 Å². The molecule has 5 nitrogen and oxygen atoms in total.